The Morgan fingerprint density at radius 3 is 2.50 bits per heavy atom. The number of methoxy groups -OCH3 is 1. The van der Waals surface area contributed by atoms with E-state index in [0.29, 0.717) is 16.9 Å². The average Bonchev–Trinajstić information content (AvgIpc) is 2.55. The highest BCUT2D eigenvalue weighted by Crippen LogP contribution is 2.26. The van der Waals surface area contributed by atoms with Crippen LogP contribution in [0.25, 0.3) is 0 Å². The van der Waals surface area contributed by atoms with E-state index < -0.39 is 14.9 Å². The lowest BCUT2D eigenvalue weighted by atomic mass is 10.2. The fraction of sp³-hybridized carbons (Fsp3) is 0.250. The maximum Gasteiger partial charge on any atom is 0.270 e. The minimum atomic E-state index is -3.88. The van der Waals surface area contributed by atoms with Crippen molar-refractivity contribution >= 4 is 15.7 Å². The van der Waals surface area contributed by atoms with Crippen molar-refractivity contribution in [3.05, 3.63) is 63.7 Å². The fourth-order valence-electron chi connectivity index (χ4n) is 2.31. The molecule has 0 amide bonds. The molecule has 0 saturated carbocycles. The summed E-state index contributed by atoms with van der Waals surface area (Å²) in [5.41, 5.74) is 0.895. The molecule has 2 aromatic rings. The Hall–Kier alpha value is -2.45. The molecule has 0 bridgehead atoms. The second kappa shape index (κ2) is 6.98. The van der Waals surface area contributed by atoms with Gasteiger partial charge in [-0.05, 0) is 18.6 Å². The first-order chi connectivity index (χ1) is 11.3. The smallest absolute Gasteiger partial charge is 0.270 e. The summed E-state index contributed by atoms with van der Waals surface area (Å²) in [7, 11) is -0.933. The van der Waals surface area contributed by atoms with Crippen LogP contribution in [-0.4, -0.2) is 31.8 Å². The molecule has 7 nitrogen and oxygen atoms in total. The third-order valence-electron chi connectivity index (χ3n) is 3.66. The zero-order valence-corrected chi connectivity index (χ0v) is 14.4. The Balaban J connectivity index is 2.39. The number of nitrogens with zero attached hydrogens (tertiary/aromatic N) is 2. The highest BCUT2D eigenvalue weighted by molar-refractivity contribution is 7.89. The van der Waals surface area contributed by atoms with Crippen molar-refractivity contribution in [2.24, 2.45) is 0 Å². The van der Waals surface area contributed by atoms with Crippen molar-refractivity contribution in [3.8, 4) is 5.75 Å². The monoisotopic (exact) mass is 350 g/mol. The third-order valence-corrected chi connectivity index (χ3v) is 5.60. The molecule has 0 aromatic heterocycles. The van der Waals surface area contributed by atoms with Crippen LogP contribution in [0.3, 0.4) is 0 Å². The van der Waals surface area contributed by atoms with Crippen LogP contribution in [0.15, 0.2) is 47.4 Å². The molecule has 0 fully saturated rings. The largest absolute Gasteiger partial charge is 0.496 e. The summed E-state index contributed by atoms with van der Waals surface area (Å²) in [6, 6.07) is 10.9. The second-order valence-corrected chi connectivity index (χ2v) is 7.29. The molecule has 2 rings (SSSR count). The van der Waals surface area contributed by atoms with Crippen LogP contribution >= 0.6 is 0 Å². The molecule has 0 aliphatic heterocycles. The average molecular weight is 350 g/mol. The van der Waals surface area contributed by atoms with E-state index in [4.69, 9.17) is 4.74 Å². The van der Waals surface area contributed by atoms with Gasteiger partial charge in [-0.15, -0.1) is 0 Å². The maximum absolute atomic E-state index is 12.8. The van der Waals surface area contributed by atoms with Crippen LogP contribution in [-0.2, 0) is 16.6 Å². The van der Waals surface area contributed by atoms with Gasteiger partial charge in [-0.2, -0.15) is 4.31 Å². The lowest BCUT2D eigenvalue weighted by molar-refractivity contribution is -0.385. The van der Waals surface area contributed by atoms with Crippen molar-refractivity contribution in [3.63, 3.8) is 0 Å². The van der Waals surface area contributed by atoms with Crippen molar-refractivity contribution < 1.29 is 18.1 Å². The topological polar surface area (TPSA) is 89.8 Å². The Bertz CT molecular complexity index is 865. The predicted molar refractivity (Wildman–Crippen MR) is 89.5 cm³/mol. The SMILES string of the molecule is COc1ccccc1CN(C)S(=O)(=O)c1cc([N+](=O)[O-])ccc1C. The van der Waals surface area contributed by atoms with Crippen LogP contribution in [0, 0.1) is 17.0 Å². The molecule has 0 unspecified atom stereocenters. The first kappa shape index (κ1) is 17.9. The first-order valence-corrected chi connectivity index (χ1v) is 8.54. The summed E-state index contributed by atoms with van der Waals surface area (Å²) in [6.07, 6.45) is 0. The number of nitro groups is 1. The number of sulfonamides is 1. The van der Waals surface area contributed by atoms with Crippen molar-refractivity contribution in [1.29, 1.82) is 0 Å². The molecule has 0 saturated heterocycles. The molecular formula is C16H18N2O5S. The highest BCUT2D eigenvalue weighted by atomic mass is 32.2. The normalized spacial score (nSPS) is 11.5. The molecule has 8 heteroatoms. The summed E-state index contributed by atoms with van der Waals surface area (Å²) in [6.45, 7) is 1.70. The molecule has 0 spiro atoms. The summed E-state index contributed by atoms with van der Waals surface area (Å²) < 4.78 is 32.0. The van der Waals surface area contributed by atoms with Gasteiger partial charge < -0.3 is 4.74 Å². The van der Waals surface area contributed by atoms with Crippen molar-refractivity contribution in [2.75, 3.05) is 14.2 Å². The van der Waals surface area contributed by atoms with E-state index in [1.807, 2.05) is 0 Å². The highest BCUT2D eigenvalue weighted by Gasteiger charge is 2.25. The standard InChI is InChI=1S/C16H18N2O5S/c1-12-8-9-14(18(19)20)10-16(12)24(21,22)17(2)11-13-6-4-5-7-15(13)23-3/h4-10H,11H2,1-3H3. The lowest BCUT2D eigenvalue weighted by Crippen LogP contribution is -2.27. The van der Waals surface area contributed by atoms with Crippen LogP contribution in [0.1, 0.15) is 11.1 Å². The predicted octanol–water partition coefficient (Wildman–Crippen LogP) is 2.73. The first-order valence-electron chi connectivity index (χ1n) is 7.10. The number of ether oxygens (including phenoxy) is 1. The van der Waals surface area contributed by atoms with Gasteiger partial charge in [0.1, 0.15) is 5.75 Å². The number of para-hydroxylation sites is 1. The van der Waals surface area contributed by atoms with E-state index >= 15 is 0 Å². The number of aryl methyl sites for hydroxylation is 1. The Labute approximate surface area is 140 Å². The molecule has 0 atom stereocenters. The van der Waals surface area contributed by atoms with E-state index in [9.17, 15) is 18.5 Å². The molecule has 0 aliphatic carbocycles. The molecule has 24 heavy (non-hydrogen) atoms. The molecule has 0 aliphatic rings. The van der Waals surface area contributed by atoms with Gasteiger partial charge >= 0.3 is 0 Å². The van der Waals surface area contributed by atoms with Crippen molar-refractivity contribution in [2.45, 2.75) is 18.4 Å². The Morgan fingerprint density at radius 2 is 1.88 bits per heavy atom. The van der Waals surface area contributed by atoms with Gasteiger partial charge in [0, 0.05) is 31.3 Å². The molecule has 128 valence electrons. The second-order valence-electron chi connectivity index (χ2n) is 5.28. The van der Waals surface area contributed by atoms with E-state index in [0.717, 1.165) is 10.4 Å². The van der Waals surface area contributed by atoms with Gasteiger partial charge in [0.15, 0.2) is 0 Å². The fourth-order valence-corrected chi connectivity index (χ4v) is 3.70. The molecule has 0 radical (unpaired) electrons. The van der Waals surface area contributed by atoms with Gasteiger partial charge in [-0.3, -0.25) is 10.1 Å². The summed E-state index contributed by atoms with van der Waals surface area (Å²) >= 11 is 0. The third kappa shape index (κ3) is 3.55. The lowest BCUT2D eigenvalue weighted by Gasteiger charge is -2.19. The number of nitro benzene ring substituents is 1. The maximum atomic E-state index is 12.8. The van der Waals surface area contributed by atoms with Gasteiger partial charge in [0.2, 0.25) is 10.0 Å². The van der Waals surface area contributed by atoms with Gasteiger partial charge in [0.05, 0.1) is 16.9 Å². The van der Waals surface area contributed by atoms with Crippen LogP contribution in [0.5, 0.6) is 5.75 Å². The van der Waals surface area contributed by atoms with Crippen molar-refractivity contribution in [1.82, 2.24) is 4.31 Å². The summed E-state index contributed by atoms with van der Waals surface area (Å²) in [5, 5.41) is 10.9. The van der Waals surface area contributed by atoms with Gasteiger partial charge in [0.25, 0.3) is 5.69 Å². The van der Waals surface area contributed by atoms with Gasteiger partial charge in [-0.1, -0.05) is 24.3 Å². The number of non-ortho nitro benzene ring substituents is 1. The molecular weight excluding hydrogens is 332 g/mol. The molecule has 0 N–H and O–H groups in total. The zero-order valence-electron chi connectivity index (χ0n) is 13.6. The van der Waals surface area contributed by atoms with Crippen LogP contribution < -0.4 is 4.74 Å². The Kier molecular flexibility index (Phi) is 5.20. The molecule has 2 aromatic carbocycles. The summed E-state index contributed by atoms with van der Waals surface area (Å²) in [5.74, 6) is 0.579. The van der Waals surface area contributed by atoms with Crippen LogP contribution in [0.4, 0.5) is 5.69 Å². The van der Waals surface area contributed by atoms with Crippen LogP contribution in [0.2, 0.25) is 0 Å². The number of hydrogen-bond acceptors (Lipinski definition) is 5. The van der Waals surface area contributed by atoms with Gasteiger partial charge in [-0.25, -0.2) is 8.42 Å². The zero-order chi connectivity index (χ0) is 17.9. The van der Waals surface area contributed by atoms with E-state index in [2.05, 4.69) is 0 Å². The Morgan fingerprint density at radius 1 is 1.21 bits per heavy atom. The minimum Gasteiger partial charge on any atom is -0.496 e. The minimum absolute atomic E-state index is 0.0749. The quantitative estimate of drug-likeness (QED) is 0.590. The molecule has 0 heterocycles. The van der Waals surface area contributed by atoms with E-state index in [-0.39, 0.29) is 17.1 Å². The number of rotatable bonds is 6. The number of benzene rings is 2. The number of hydrogen-bond donors (Lipinski definition) is 0. The van der Waals surface area contributed by atoms with E-state index in [1.165, 1.54) is 26.3 Å². The van der Waals surface area contributed by atoms with E-state index in [1.54, 1.807) is 31.2 Å². The summed E-state index contributed by atoms with van der Waals surface area (Å²) in [4.78, 5) is 10.2.